The predicted octanol–water partition coefficient (Wildman–Crippen LogP) is 2.90. The zero-order valence-electron chi connectivity index (χ0n) is 8.53. The average molecular weight is 318 g/mol. The van der Waals surface area contributed by atoms with E-state index < -0.39 is 0 Å². The lowest BCUT2D eigenvalue weighted by molar-refractivity contribution is 0.148. The zero-order chi connectivity index (χ0) is 10.9. The third kappa shape index (κ3) is 5.92. The molecular formula is C12H15IO2. The van der Waals surface area contributed by atoms with Crippen molar-refractivity contribution >= 4 is 22.6 Å². The summed E-state index contributed by atoms with van der Waals surface area (Å²) in [7, 11) is 0. The molecule has 0 heterocycles. The maximum Gasteiger partial charge on any atom is 0.0721 e. The molecule has 1 N–H and O–H groups in total. The van der Waals surface area contributed by atoms with E-state index in [4.69, 9.17) is 9.84 Å². The lowest BCUT2D eigenvalue weighted by Gasteiger charge is -2.01. The molecule has 0 spiro atoms. The minimum Gasteiger partial charge on any atom is -0.396 e. The molecule has 3 heteroatoms. The lowest BCUT2D eigenvalue weighted by Crippen LogP contribution is -1.93. The van der Waals surface area contributed by atoms with Crippen molar-refractivity contribution in [3.63, 3.8) is 0 Å². The summed E-state index contributed by atoms with van der Waals surface area (Å²) in [6, 6.07) is 10.1. The number of halogens is 1. The number of hydrogen-bond acceptors (Lipinski definition) is 2. The summed E-state index contributed by atoms with van der Waals surface area (Å²) < 4.78 is 6.62. The third-order valence-corrected chi connectivity index (χ3v) is 2.86. The summed E-state index contributed by atoms with van der Waals surface area (Å²) in [5, 5.41) is 8.68. The highest BCUT2D eigenvalue weighted by molar-refractivity contribution is 14.1. The Hall–Kier alpha value is -0.390. The molecule has 0 aromatic heterocycles. The summed E-state index contributed by atoms with van der Waals surface area (Å²) in [6.45, 7) is 1.45. The summed E-state index contributed by atoms with van der Waals surface area (Å²) in [5.41, 5.74) is 1.18. The zero-order valence-corrected chi connectivity index (χ0v) is 10.7. The molecule has 0 radical (unpaired) electrons. The topological polar surface area (TPSA) is 29.5 Å². The molecular weight excluding hydrogens is 303 g/mol. The second kappa shape index (κ2) is 7.84. The van der Waals surface area contributed by atoms with E-state index in [1.807, 2.05) is 36.4 Å². The summed E-state index contributed by atoms with van der Waals surface area (Å²) in [4.78, 5) is 0. The van der Waals surface area contributed by atoms with Gasteiger partial charge in [-0.15, -0.1) is 0 Å². The molecule has 0 aliphatic rings. The second-order valence-corrected chi connectivity index (χ2v) is 4.51. The van der Waals surface area contributed by atoms with Crippen LogP contribution in [0.5, 0.6) is 0 Å². The van der Waals surface area contributed by atoms with Gasteiger partial charge in [-0.25, -0.2) is 0 Å². The van der Waals surface area contributed by atoms with Crippen molar-refractivity contribution in [2.75, 3.05) is 13.2 Å². The largest absolute Gasteiger partial charge is 0.396 e. The van der Waals surface area contributed by atoms with Crippen molar-refractivity contribution in [2.45, 2.75) is 13.0 Å². The van der Waals surface area contributed by atoms with Crippen molar-refractivity contribution < 1.29 is 9.84 Å². The van der Waals surface area contributed by atoms with Crippen LogP contribution in [0.3, 0.4) is 0 Å². The van der Waals surface area contributed by atoms with Crippen LogP contribution in [0, 0.1) is 0 Å². The Kier molecular flexibility index (Phi) is 6.63. The molecule has 1 rings (SSSR count). The molecule has 0 saturated carbocycles. The Labute approximate surface area is 104 Å². The Morgan fingerprint density at radius 2 is 2.07 bits per heavy atom. The van der Waals surface area contributed by atoms with E-state index in [2.05, 4.69) is 22.6 Å². The summed E-state index contributed by atoms with van der Waals surface area (Å²) in [6.07, 6.45) is 2.72. The van der Waals surface area contributed by atoms with Crippen molar-refractivity contribution in [1.82, 2.24) is 0 Å². The van der Waals surface area contributed by atoms with E-state index in [0.717, 1.165) is 10.0 Å². The number of ether oxygens (including phenoxy) is 1. The van der Waals surface area contributed by atoms with Crippen LogP contribution in [-0.2, 0) is 11.3 Å². The molecule has 0 amide bonds. The molecule has 15 heavy (non-hydrogen) atoms. The van der Waals surface area contributed by atoms with E-state index in [-0.39, 0.29) is 6.61 Å². The van der Waals surface area contributed by atoms with Crippen LogP contribution in [0.4, 0.5) is 0 Å². The Balaban J connectivity index is 2.20. The molecule has 1 aromatic rings. The van der Waals surface area contributed by atoms with E-state index in [9.17, 15) is 0 Å². The molecule has 0 aliphatic carbocycles. The summed E-state index contributed by atoms with van der Waals surface area (Å²) in [5.74, 6) is 0. The molecule has 1 aromatic carbocycles. The van der Waals surface area contributed by atoms with Crippen molar-refractivity contribution in [3.8, 4) is 0 Å². The maximum absolute atomic E-state index is 8.68. The lowest BCUT2D eigenvalue weighted by atomic mass is 10.2. The third-order valence-electron chi connectivity index (χ3n) is 1.88. The highest BCUT2D eigenvalue weighted by atomic mass is 127. The Morgan fingerprint density at radius 1 is 1.33 bits per heavy atom. The first-order chi connectivity index (χ1) is 7.33. The number of rotatable bonds is 6. The van der Waals surface area contributed by atoms with Crippen LogP contribution in [-0.4, -0.2) is 18.3 Å². The van der Waals surface area contributed by atoms with Gasteiger partial charge in [0, 0.05) is 13.0 Å². The van der Waals surface area contributed by atoms with Crippen molar-refractivity contribution in [1.29, 1.82) is 0 Å². The van der Waals surface area contributed by atoms with Crippen molar-refractivity contribution in [2.24, 2.45) is 0 Å². The van der Waals surface area contributed by atoms with Crippen LogP contribution in [0.15, 0.2) is 40.0 Å². The first kappa shape index (κ1) is 12.7. The monoisotopic (exact) mass is 318 g/mol. The maximum atomic E-state index is 8.68. The van der Waals surface area contributed by atoms with Crippen LogP contribution < -0.4 is 0 Å². The van der Waals surface area contributed by atoms with Gasteiger partial charge in [-0.3, -0.25) is 0 Å². The quantitative estimate of drug-likeness (QED) is 0.645. The van der Waals surface area contributed by atoms with Gasteiger partial charge in [0.1, 0.15) is 0 Å². The SMILES string of the molecule is OCC/C(I)=C\COCc1ccccc1. The molecule has 82 valence electrons. The minimum absolute atomic E-state index is 0.202. The van der Waals surface area contributed by atoms with Gasteiger partial charge in [-0.1, -0.05) is 30.3 Å². The van der Waals surface area contributed by atoms with E-state index in [0.29, 0.717) is 13.2 Å². The Morgan fingerprint density at radius 3 is 2.73 bits per heavy atom. The van der Waals surface area contributed by atoms with Gasteiger partial charge in [0.15, 0.2) is 0 Å². The molecule has 0 atom stereocenters. The van der Waals surface area contributed by atoms with E-state index in [1.165, 1.54) is 5.56 Å². The number of aliphatic hydroxyl groups excluding tert-OH is 1. The molecule has 0 fully saturated rings. The molecule has 0 unspecified atom stereocenters. The standard InChI is InChI=1S/C12H15IO2/c13-12(6-8-14)7-9-15-10-11-4-2-1-3-5-11/h1-5,7,14H,6,8-10H2/b12-7+. The first-order valence-corrected chi connectivity index (χ1v) is 5.98. The molecule has 0 aliphatic heterocycles. The van der Waals surface area contributed by atoms with Crippen LogP contribution in [0.2, 0.25) is 0 Å². The Bertz CT molecular complexity index is 296. The van der Waals surface area contributed by atoms with Crippen LogP contribution in [0.25, 0.3) is 0 Å². The van der Waals surface area contributed by atoms with Gasteiger partial charge in [0.25, 0.3) is 0 Å². The van der Waals surface area contributed by atoms with Crippen LogP contribution >= 0.6 is 22.6 Å². The van der Waals surface area contributed by atoms with E-state index in [1.54, 1.807) is 0 Å². The van der Waals surface area contributed by atoms with Crippen LogP contribution in [0.1, 0.15) is 12.0 Å². The molecule has 2 nitrogen and oxygen atoms in total. The number of hydrogen-bond donors (Lipinski definition) is 1. The highest BCUT2D eigenvalue weighted by Crippen LogP contribution is 2.10. The van der Waals surface area contributed by atoms with Gasteiger partial charge < -0.3 is 9.84 Å². The van der Waals surface area contributed by atoms with Crippen molar-refractivity contribution in [3.05, 3.63) is 45.6 Å². The van der Waals surface area contributed by atoms with E-state index >= 15 is 0 Å². The fraction of sp³-hybridized carbons (Fsp3) is 0.333. The normalized spacial score (nSPS) is 11.7. The second-order valence-electron chi connectivity index (χ2n) is 3.13. The van der Waals surface area contributed by atoms with Gasteiger partial charge in [-0.2, -0.15) is 0 Å². The smallest absolute Gasteiger partial charge is 0.0721 e. The molecule has 0 bridgehead atoms. The molecule has 0 saturated heterocycles. The fourth-order valence-corrected chi connectivity index (χ4v) is 1.53. The first-order valence-electron chi connectivity index (χ1n) is 4.90. The van der Waals surface area contributed by atoms with Gasteiger partial charge in [-0.05, 0) is 37.8 Å². The summed E-state index contributed by atoms with van der Waals surface area (Å²) >= 11 is 2.22. The highest BCUT2D eigenvalue weighted by Gasteiger charge is 1.92. The fourth-order valence-electron chi connectivity index (χ4n) is 1.11. The van der Waals surface area contributed by atoms with Gasteiger partial charge >= 0.3 is 0 Å². The number of benzene rings is 1. The minimum atomic E-state index is 0.202. The van der Waals surface area contributed by atoms with Gasteiger partial charge in [0.05, 0.1) is 13.2 Å². The van der Waals surface area contributed by atoms with Gasteiger partial charge in [0.2, 0.25) is 0 Å². The average Bonchev–Trinajstić information content (AvgIpc) is 2.26. The number of aliphatic hydroxyl groups is 1. The predicted molar refractivity (Wildman–Crippen MR) is 69.9 cm³/mol.